The van der Waals surface area contributed by atoms with Crippen molar-refractivity contribution in [3.63, 3.8) is 0 Å². The minimum Gasteiger partial charge on any atom is -0.338 e. The number of hydrogen-bond donors (Lipinski definition) is 1. The van der Waals surface area contributed by atoms with Crippen LogP contribution in [0.25, 0.3) is 0 Å². The number of aryl methyl sites for hydroxylation is 2. The van der Waals surface area contributed by atoms with E-state index in [-0.39, 0.29) is 0 Å². The summed E-state index contributed by atoms with van der Waals surface area (Å²) in [5.41, 5.74) is 0.441. The van der Waals surface area contributed by atoms with Gasteiger partial charge in [-0.1, -0.05) is 26.7 Å². The van der Waals surface area contributed by atoms with Crippen LogP contribution >= 0.6 is 0 Å². The van der Waals surface area contributed by atoms with Gasteiger partial charge in [0.1, 0.15) is 5.82 Å². The normalized spacial score (nSPS) is 14.7. The number of unbranched alkanes of at least 4 members (excludes halogenated alkanes) is 1. The maximum Gasteiger partial charge on any atom is 0.108 e. The van der Waals surface area contributed by atoms with Crippen molar-refractivity contribution >= 4 is 0 Å². The summed E-state index contributed by atoms with van der Waals surface area (Å²) in [6.07, 6.45) is 11.4. The number of hydrogen-bond acceptors (Lipinski definition) is 2. The summed E-state index contributed by atoms with van der Waals surface area (Å²) in [6, 6.07) is 0. The van der Waals surface area contributed by atoms with E-state index in [1.807, 2.05) is 12.4 Å². The van der Waals surface area contributed by atoms with E-state index in [1.54, 1.807) is 0 Å². The largest absolute Gasteiger partial charge is 0.338 e. The van der Waals surface area contributed by atoms with Gasteiger partial charge in [-0.2, -0.15) is 0 Å². The van der Waals surface area contributed by atoms with Gasteiger partial charge in [-0.25, -0.2) is 4.98 Å². The molecule has 1 rings (SSSR count). The fourth-order valence-electron chi connectivity index (χ4n) is 2.72. The fourth-order valence-corrected chi connectivity index (χ4v) is 2.72. The van der Waals surface area contributed by atoms with Crippen LogP contribution in [0.1, 0.15) is 51.8 Å². The van der Waals surface area contributed by atoms with Gasteiger partial charge < -0.3 is 9.88 Å². The van der Waals surface area contributed by atoms with Crippen LogP contribution in [0, 0.1) is 5.41 Å². The maximum absolute atomic E-state index is 4.44. The molecule has 3 heteroatoms. The Morgan fingerprint density at radius 1 is 1.33 bits per heavy atom. The Bertz CT molecular complexity index is 332. The van der Waals surface area contributed by atoms with Crippen molar-refractivity contribution in [2.75, 3.05) is 13.6 Å². The van der Waals surface area contributed by atoms with E-state index < -0.39 is 0 Å². The zero-order valence-electron chi connectivity index (χ0n) is 12.5. The molecule has 0 saturated carbocycles. The lowest BCUT2D eigenvalue weighted by Crippen LogP contribution is -2.33. The molecule has 0 fully saturated rings. The lowest BCUT2D eigenvalue weighted by atomic mass is 9.76. The van der Waals surface area contributed by atoms with Crippen molar-refractivity contribution < 1.29 is 0 Å². The van der Waals surface area contributed by atoms with E-state index in [9.17, 15) is 0 Å². The Labute approximate surface area is 112 Å². The van der Waals surface area contributed by atoms with Gasteiger partial charge in [0.15, 0.2) is 0 Å². The third-order valence-corrected chi connectivity index (χ3v) is 4.16. The van der Waals surface area contributed by atoms with E-state index in [0.717, 1.165) is 13.0 Å². The first-order valence-electron chi connectivity index (χ1n) is 7.28. The molecular formula is C15H29N3. The van der Waals surface area contributed by atoms with E-state index in [2.05, 4.69) is 42.8 Å². The van der Waals surface area contributed by atoms with Crippen LogP contribution in [-0.4, -0.2) is 23.1 Å². The van der Waals surface area contributed by atoms with Crippen LogP contribution in [0.4, 0.5) is 0 Å². The first-order chi connectivity index (χ1) is 8.67. The summed E-state index contributed by atoms with van der Waals surface area (Å²) in [4.78, 5) is 4.44. The molecule has 1 aromatic rings. The van der Waals surface area contributed by atoms with Gasteiger partial charge in [-0.05, 0) is 31.7 Å². The van der Waals surface area contributed by atoms with E-state index >= 15 is 0 Å². The summed E-state index contributed by atoms with van der Waals surface area (Å²) in [5, 5.41) is 3.39. The van der Waals surface area contributed by atoms with Gasteiger partial charge in [0.2, 0.25) is 0 Å². The summed E-state index contributed by atoms with van der Waals surface area (Å²) in [6.45, 7) is 5.72. The van der Waals surface area contributed by atoms with Crippen LogP contribution in [-0.2, 0) is 13.5 Å². The quantitative estimate of drug-likeness (QED) is 0.730. The number of aromatic nitrogens is 2. The third kappa shape index (κ3) is 4.13. The number of imidazole rings is 1. The second-order valence-electron chi connectivity index (χ2n) is 5.44. The van der Waals surface area contributed by atoms with Gasteiger partial charge in [0.05, 0.1) is 0 Å². The lowest BCUT2D eigenvalue weighted by molar-refractivity contribution is 0.215. The molecule has 1 atom stereocenters. The van der Waals surface area contributed by atoms with Gasteiger partial charge >= 0.3 is 0 Å². The van der Waals surface area contributed by atoms with Crippen molar-refractivity contribution in [2.45, 2.75) is 52.4 Å². The minimum atomic E-state index is 0.441. The molecule has 18 heavy (non-hydrogen) atoms. The van der Waals surface area contributed by atoms with Crippen molar-refractivity contribution in [1.82, 2.24) is 14.9 Å². The topological polar surface area (TPSA) is 29.9 Å². The molecule has 0 bridgehead atoms. The van der Waals surface area contributed by atoms with Crippen LogP contribution in [0.15, 0.2) is 12.4 Å². The minimum absolute atomic E-state index is 0.441. The number of nitrogens with zero attached hydrogens (tertiary/aromatic N) is 2. The molecule has 0 radical (unpaired) electrons. The Kier molecular flexibility index (Phi) is 6.41. The molecular weight excluding hydrogens is 222 g/mol. The van der Waals surface area contributed by atoms with Gasteiger partial charge in [-0.15, -0.1) is 0 Å². The Morgan fingerprint density at radius 3 is 2.61 bits per heavy atom. The van der Waals surface area contributed by atoms with Crippen molar-refractivity contribution in [1.29, 1.82) is 0 Å². The molecule has 3 nitrogen and oxygen atoms in total. The average Bonchev–Trinajstić information content (AvgIpc) is 2.79. The SMILES string of the molecule is CCCCC(CC)(CCc1nccn1C)CNC. The first-order valence-corrected chi connectivity index (χ1v) is 7.28. The summed E-state index contributed by atoms with van der Waals surface area (Å²) < 4.78 is 2.14. The van der Waals surface area contributed by atoms with Crippen molar-refractivity contribution in [3.8, 4) is 0 Å². The molecule has 1 N–H and O–H groups in total. The standard InChI is InChI=1S/C15H29N3/c1-5-7-9-15(6-2,13-16-3)10-8-14-17-11-12-18(14)4/h11-12,16H,5-10,13H2,1-4H3. The van der Waals surface area contributed by atoms with Gasteiger partial charge in [0, 0.05) is 32.4 Å². The van der Waals surface area contributed by atoms with Crippen molar-refractivity contribution in [2.24, 2.45) is 12.5 Å². The second kappa shape index (κ2) is 7.57. The van der Waals surface area contributed by atoms with Gasteiger partial charge in [-0.3, -0.25) is 0 Å². The zero-order valence-corrected chi connectivity index (χ0v) is 12.5. The highest BCUT2D eigenvalue weighted by molar-refractivity contribution is 4.93. The van der Waals surface area contributed by atoms with E-state index in [1.165, 1.54) is 37.9 Å². The predicted molar refractivity (Wildman–Crippen MR) is 77.7 cm³/mol. The smallest absolute Gasteiger partial charge is 0.108 e. The molecule has 1 aromatic heterocycles. The van der Waals surface area contributed by atoms with Crippen LogP contribution < -0.4 is 5.32 Å². The van der Waals surface area contributed by atoms with Crippen LogP contribution in [0.5, 0.6) is 0 Å². The number of nitrogens with one attached hydrogen (secondary N) is 1. The Balaban J connectivity index is 2.62. The van der Waals surface area contributed by atoms with Gasteiger partial charge in [0.25, 0.3) is 0 Å². The molecule has 0 aliphatic rings. The second-order valence-corrected chi connectivity index (χ2v) is 5.44. The molecule has 0 amide bonds. The molecule has 1 heterocycles. The molecule has 104 valence electrons. The molecule has 0 saturated heterocycles. The van der Waals surface area contributed by atoms with E-state index in [0.29, 0.717) is 5.41 Å². The summed E-state index contributed by atoms with van der Waals surface area (Å²) >= 11 is 0. The Morgan fingerprint density at radius 2 is 2.11 bits per heavy atom. The summed E-state index contributed by atoms with van der Waals surface area (Å²) in [5.74, 6) is 1.21. The predicted octanol–water partition coefficient (Wildman–Crippen LogP) is 3.16. The molecule has 1 unspecified atom stereocenters. The van der Waals surface area contributed by atoms with E-state index in [4.69, 9.17) is 0 Å². The average molecular weight is 251 g/mol. The zero-order chi connectivity index (χ0) is 13.4. The molecule has 0 aliphatic heterocycles. The molecule has 0 aliphatic carbocycles. The third-order valence-electron chi connectivity index (χ3n) is 4.16. The van der Waals surface area contributed by atoms with Crippen LogP contribution in [0.3, 0.4) is 0 Å². The number of rotatable bonds is 9. The Hall–Kier alpha value is -0.830. The fraction of sp³-hybridized carbons (Fsp3) is 0.800. The van der Waals surface area contributed by atoms with Crippen molar-refractivity contribution in [3.05, 3.63) is 18.2 Å². The maximum atomic E-state index is 4.44. The highest BCUT2D eigenvalue weighted by Gasteiger charge is 2.26. The monoisotopic (exact) mass is 251 g/mol. The van der Waals surface area contributed by atoms with Crippen LogP contribution in [0.2, 0.25) is 0 Å². The molecule has 0 aromatic carbocycles. The molecule has 0 spiro atoms. The lowest BCUT2D eigenvalue weighted by Gasteiger charge is -2.33. The highest BCUT2D eigenvalue weighted by atomic mass is 15.0. The first kappa shape index (κ1) is 15.2. The highest BCUT2D eigenvalue weighted by Crippen LogP contribution is 2.33. The summed E-state index contributed by atoms with van der Waals surface area (Å²) in [7, 11) is 4.15.